The van der Waals surface area contributed by atoms with Crippen LogP contribution in [0.25, 0.3) is 0 Å². The number of alkyl halides is 2. The molecule has 15 heavy (non-hydrogen) atoms. The van der Waals surface area contributed by atoms with Crippen molar-refractivity contribution in [3.05, 3.63) is 29.8 Å². The minimum Gasteiger partial charge on any atom is -0.399 e. The van der Waals surface area contributed by atoms with Crippen molar-refractivity contribution in [2.24, 2.45) is 5.41 Å². The van der Waals surface area contributed by atoms with Gasteiger partial charge in [-0.1, -0.05) is 32.9 Å². The molecule has 1 nitrogen and oxygen atoms in total. The van der Waals surface area contributed by atoms with Gasteiger partial charge >= 0.3 is 0 Å². The fourth-order valence-electron chi connectivity index (χ4n) is 1.78. The molecule has 3 heteroatoms. The third-order valence-corrected chi connectivity index (χ3v) is 2.45. The molecule has 0 aliphatic carbocycles. The zero-order chi connectivity index (χ0) is 11.6. The van der Waals surface area contributed by atoms with Crippen LogP contribution >= 0.6 is 0 Å². The average Bonchev–Trinajstić information content (AvgIpc) is 1.99. The van der Waals surface area contributed by atoms with Gasteiger partial charge in [-0.3, -0.25) is 0 Å². The van der Waals surface area contributed by atoms with Crippen molar-refractivity contribution in [1.29, 1.82) is 0 Å². The first-order chi connectivity index (χ1) is 6.82. The molecule has 0 aliphatic rings. The van der Waals surface area contributed by atoms with Gasteiger partial charge < -0.3 is 5.73 Å². The molecule has 0 aliphatic heterocycles. The van der Waals surface area contributed by atoms with E-state index in [0.717, 1.165) is 0 Å². The molecule has 0 bridgehead atoms. The Morgan fingerprint density at radius 2 is 1.80 bits per heavy atom. The Labute approximate surface area is 89.3 Å². The van der Waals surface area contributed by atoms with E-state index in [0.29, 0.717) is 11.3 Å². The van der Waals surface area contributed by atoms with Gasteiger partial charge in [-0.25, -0.2) is 8.78 Å². The first-order valence-corrected chi connectivity index (χ1v) is 4.96. The van der Waals surface area contributed by atoms with Crippen LogP contribution in [-0.2, 0) is 0 Å². The van der Waals surface area contributed by atoms with Crippen molar-refractivity contribution in [3.63, 3.8) is 0 Å². The summed E-state index contributed by atoms with van der Waals surface area (Å²) in [4.78, 5) is 0. The second-order valence-electron chi connectivity index (χ2n) is 4.85. The fourth-order valence-corrected chi connectivity index (χ4v) is 1.78. The van der Waals surface area contributed by atoms with Crippen molar-refractivity contribution < 1.29 is 8.78 Å². The van der Waals surface area contributed by atoms with Gasteiger partial charge in [-0.15, -0.1) is 0 Å². The molecule has 0 amide bonds. The minimum absolute atomic E-state index is 0.470. The zero-order valence-electron chi connectivity index (χ0n) is 9.30. The predicted molar refractivity (Wildman–Crippen MR) is 59.1 cm³/mol. The summed E-state index contributed by atoms with van der Waals surface area (Å²) in [5.74, 6) is -0.777. The fraction of sp³-hybridized carbons (Fsp3) is 0.500. The molecule has 1 unspecified atom stereocenters. The predicted octanol–water partition coefficient (Wildman–Crippen LogP) is 3.66. The van der Waals surface area contributed by atoms with E-state index in [1.165, 1.54) is 0 Å². The van der Waals surface area contributed by atoms with Crippen LogP contribution in [0.2, 0.25) is 0 Å². The summed E-state index contributed by atoms with van der Waals surface area (Å²) in [6, 6.07) is 6.75. The molecular formula is C12H17F2N. The zero-order valence-corrected chi connectivity index (χ0v) is 9.30. The van der Waals surface area contributed by atoms with Crippen molar-refractivity contribution in [2.75, 3.05) is 5.73 Å². The quantitative estimate of drug-likeness (QED) is 0.745. The summed E-state index contributed by atoms with van der Waals surface area (Å²) < 4.78 is 25.9. The largest absolute Gasteiger partial charge is 0.399 e. The molecule has 0 spiro atoms. The molecule has 2 N–H and O–H groups in total. The molecule has 1 aromatic rings. The number of halogens is 2. The van der Waals surface area contributed by atoms with Gasteiger partial charge in [0.25, 0.3) is 0 Å². The maximum atomic E-state index is 13.0. The molecule has 0 heterocycles. The molecule has 0 fully saturated rings. The number of nitrogens with two attached hydrogens (primary N) is 1. The van der Waals surface area contributed by atoms with Gasteiger partial charge in [0, 0.05) is 11.6 Å². The second-order valence-corrected chi connectivity index (χ2v) is 4.85. The Morgan fingerprint density at radius 1 is 1.20 bits per heavy atom. The van der Waals surface area contributed by atoms with E-state index in [1.54, 1.807) is 24.3 Å². The maximum absolute atomic E-state index is 13.0. The summed E-state index contributed by atoms with van der Waals surface area (Å²) in [5.41, 5.74) is 6.26. The van der Waals surface area contributed by atoms with Crippen molar-refractivity contribution in [3.8, 4) is 0 Å². The van der Waals surface area contributed by atoms with Gasteiger partial charge in [0.15, 0.2) is 0 Å². The molecule has 0 radical (unpaired) electrons. The Balaban J connectivity index is 3.11. The van der Waals surface area contributed by atoms with Crippen LogP contribution in [0.3, 0.4) is 0 Å². The van der Waals surface area contributed by atoms with E-state index in [2.05, 4.69) is 0 Å². The Morgan fingerprint density at radius 3 is 2.20 bits per heavy atom. The average molecular weight is 213 g/mol. The Bertz CT molecular complexity index is 329. The van der Waals surface area contributed by atoms with Crippen LogP contribution in [0.1, 0.15) is 32.3 Å². The third-order valence-electron chi connectivity index (χ3n) is 2.45. The smallest absolute Gasteiger partial charge is 0.245 e. The maximum Gasteiger partial charge on any atom is 0.245 e. The third kappa shape index (κ3) is 2.91. The van der Waals surface area contributed by atoms with Gasteiger partial charge in [-0.2, -0.15) is 0 Å². The number of hydrogen-bond acceptors (Lipinski definition) is 1. The number of hydrogen-bond donors (Lipinski definition) is 1. The van der Waals surface area contributed by atoms with Gasteiger partial charge in [0.1, 0.15) is 0 Å². The van der Waals surface area contributed by atoms with Crippen molar-refractivity contribution in [1.82, 2.24) is 0 Å². The summed E-state index contributed by atoms with van der Waals surface area (Å²) in [5, 5.41) is 0. The van der Waals surface area contributed by atoms with Crippen LogP contribution in [0, 0.1) is 5.41 Å². The number of anilines is 1. The monoisotopic (exact) mass is 213 g/mol. The van der Waals surface area contributed by atoms with Gasteiger partial charge in [0.2, 0.25) is 6.43 Å². The molecule has 0 saturated heterocycles. The van der Waals surface area contributed by atoms with Crippen LogP contribution in [-0.4, -0.2) is 6.43 Å². The minimum atomic E-state index is -2.37. The summed E-state index contributed by atoms with van der Waals surface area (Å²) in [7, 11) is 0. The summed E-state index contributed by atoms with van der Waals surface area (Å²) >= 11 is 0. The molecule has 1 aromatic carbocycles. The van der Waals surface area contributed by atoms with Gasteiger partial charge in [-0.05, 0) is 23.1 Å². The van der Waals surface area contributed by atoms with E-state index < -0.39 is 17.8 Å². The highest BCUT2D eigenvalue weighted by Gasteiger charge is 2.33. The highest BCUT2D eigenvalue weighted by Crippen LogP contribution is 2.39. The van der Waals surface area contributed by atoms with Crippen molar-refractivity contribution in [2.45, 2.75) is 33.1 Å². The van der Waals surface area contributed by atoms with Crippen LogP contribution in [0.4, 0.5) is 14.5 Å². The highest BCUT2D eigenvalue weighted by atomic mass is 19.3. The number of nitrogen functional groups attached to an aromatic ring is 1. The molecule has 84 valence electrons. The van der Waals surface area contributed by atoms with E-state index in [1.807, 2.05) is 20.8 Å². The lowest BCUT2D eigenvalue weighted by molar-refractivity contribution is 0.0624. The first-order valence-electron chi connectivity index (χ1n) is 4.96. The summed E-state index contributed by atoms with van der Waals surface area (Å²) in [6.45, 7) is 5.44. The Kier molecular flexibility index (Phi) is 3.32. The standard InChI is InChI=1S/C12H17F2N/c1-12(2,3)10(11(13)14)8-5-4-6-9(15)7-8/h4-7,10-11H,15H2,1-3H3. The first kappa shape index (κ1) is 12.0. The van der Waals surface area contributed by atoms with E-state index in [4.69, 9.17) is 5.73 Å². The second kappa shape index (κ2) is 4.17. The molecule has 1 rings (SSSR count). The highest BCUT2D eigenvalue weighted by molar-refractivity contribution is 5.42. The lowest BCUT2D eigenvalue weighted by Gasteiger charge is -2.30. The SMILES string of the molecule is CC(C)(C)C(c1cccc(N)c1)C(F)F. The normalized spacial score (nSPS) is 14.3. The lowest BCUT2D eigenvalue weighted by atomic mass is 9.76. The topological polar surface area (TPSA) is 26.0 Å². The lowest BCUT2D eigenvalue weighted by Crippen LogP contribution is -2.25. The van der Waals surface area contributed by atoms with Crippen LogP contribution < -0.4 is 5.73 Å². The van der Waals surface area contributed by atoms with Crippen LogP contribution in [0.15, 0.2) is 24.3 Å². The number of rotatable bonds is 2. The van der Waals surface area contributed by atoms with Crippen LogP contribution in [0.5, 0.6) is 0 Å². The van der Waals surface area contributed by atoms with E-state index >= 15 is 0 Å². The molecule has 0 saturated carbocycles. The molecule has 1 atom stereocenters. The van der Waals surface area contributed by atoms with Crippen molar-refractivity contribution >= 4 is 5.69 Å². The number of benzene rings is 1. The van der Waals surface area contributed by atoms with Gasteiger partial charge in [0.05, 0.1) is 0 Å². The van der Waals surface area contributed by atoms with E-state index in [-0.39, 0.29) is 0 Å². The summed E-state index contributed by atoms with van der Waals surface area (Å²) in [6.07, 6.45) is -2.37. The molecule has 0 aromatic heterocycles. The Hall–Kier alpha value is -1.12. The molecular weight excluding hydrogens is 196 g/mol. The van der Waals surface area contributed by atoms with E-state index in [9.17, 15) is 8.78 Å².